The SMILES string of the molecule is CCOC(=O)CN(Cc1ccccc1)Cc1ccsc1. The van der Waals surface area contributed by atoms with Crippen molar-refractivity contribution in [3.05, 3.63) is 58.3 Å². The highest BCUT2D eigenvalue weighted by Crippen LogP contribution is 2.12. The molecular formula is C16H19NO2S. The molecule has 2 rings (SSSR count). The van der Waals surface area contributed by atoms with Crippen molar-refractivity contribution in [1.29, 1.82) is 0 Å². The Balaban J connectivity index is 2.01. The van der Waals surface area contributed by atoms with E-state index in [-0.39, 0.29) is 5.97 Å². The molecule has 0 N–H and O–H groups in total. The second-order valence-corrected chi connectivity index (χ2v) is 5.35. The van der Waals surface area contributed by atoms with Gasteiger partial charge in [-0.1, -0.05) is 30.3 Å². The number of thiophene rings is 1. The molecule has 0 unspecified atom stereocenters. The molecule has 3 nitrogen and oxygen atoms in total. The summed E-state index contributed by atoms with van der Waals surface area (Å²) in [5, 5.41) is 4.17. The van der Waals surface area contributed by atoms with Crippen LogP contribution in [-0.4, -0.2) is 24.0 Å². The first-order valence-electron chi connectivity index (χ1n) is 6.71. The number of esters is 1. The highest BCUT2D eigenvalue weighted by molar-refractivity contribution is 7.07. The van der Waals surface area contributed by atoms with Crippen molar-refractivity contribution < 1.29 is 9.53 Å². The highest BCUT2D eigenvalue weighted by Gasteiger charge is 2.13. The summed E-state index contributed by atoms with van der Waals surface area (Å²) in [6.45, 7) is 4.08. The predicted octanol–water partition coefficient (Wildman–Crippen LogP) is 3.31. The fourth-order valence-electron chi connectivity index (χ4n) is 2.04. The standard InChI is InChI=1S/C16H19NO2S/c1-2-19-16(18)12-17(11-15-8-9-20-13-15)10-14-6-4-3-5-7-14/h3-9,13H,2,10-12H2,1H3. The topological polar surface area (TPSA) is 29.5 Å². The minimum atomic E-state index is -0.168. The van der Waals surface area contributed by atoms with Gasteiger partial charge >= 0.3 is 5.97 Å². The first kappa shape index (κ1) is 14.8. The molecule has 0 aliphatic carbocycles. The van der Waals surface area contributed by atoms with Crippen LogP contribution in [0.4, 0.5) is 0 Å². The molecule has 0 spiro atoms. The molecule has 0 fully saturated rings. The molecule has 0 bridgehead atoms. The smallest absolute Gasteiger partial charge is 0.320 e. The van der Waals surface area contributed by atoms with E-state index in [1.54, 1.807) is 11.3 Å². The van der Waals surface area contributed by atoms with Gasteiger partial charge in [0.15, 0.2) is 0 Å². The van der Waals surface area contributed by atoms with Crippen LogP contribution < -0.4 is 0 Å². The van der Waals surface area contributed by atoms with Crippen molar-refractivity contribution in [2.45, 2.75) is 20.0 Å². The number of nitrogens with zero attached hydrogens (tertiary/aromatic N) is 1. The second kappa shape index (κ2) is 7.82. The molecule has 20 heavy (non-hydrogen) atoms. The van der Waals surface area contributed by atoms with Crippen molar-refractivity contribution in [3.63, 3.8) is 0 Å². The molecule has 0 saturated heterocycles. The molecule has 0 radical (unpaired) electrons. The lowest BCUT2D eigenvalue weighted by molar-refractivity contribution is -0.144. The quantitative estimate of drug-likeness (QED) is 0.732. The fourth-order valence-corrected chi connectivity index (χ4v) is 2.70. The zero-order valence-electron chi connectivity index (χ0n) is 11.6. The summed E-state index contributed by atoms with van der Waals surface area (Å²) < 4.78 is 5.05. The molecule has 1 aromatic carbocycles. The van der Waals surface area contributed by atoms with E-state index in [4.69, 9.17) is 4.74 Å². The summed E-state index contributed by atoms with van der Waals surface area (Å²) in [6, 6.07) is 12.3. The number of hydrogen-bond acceptors (Lipinski definition) is 4. The van der Waals surface area contributed by atoms with E-state index < -0.39 is 0 Å². The van der Waals surface area contributed by atoms with Crippen molar-refractivity contribution in [3.8, 4) is 0 Å². The van der Waals surface area contributed by atoms with Crippen molar-refractivity contribution in [2.24, 2.45) is 0 Å². The van der Waals surface area contributed by atoms with Crippen LogP contribution in [0, 0.1) is 0 Å². The van der Waals surface area contributed by atoms with Gasteiger partial charge < -0.3 is 4.74 Å². The predicted molar refractivity (Wildman–Crippen MR) is 81.5 cm³/mol. The zero-order valence-corrected chi connectivity index (χ0v) is 12.4. The monoisotopic (exact) mass is 289 g/mol. The van der Waals surface area contributed by atoms with Gasteiger partial charge in [0.1, 0.15) is 0 Å². The number of hydrogen-bond donors (Lipinski definition) is 0. The molecular weight excluding hydrogens is 270 g/mol. The second-order valence-electron chi connectivity index (χ2n) is 4.57. The van der Waals surface area contributed by atoms with Crippen LogP contribution >= 0.6 is 11.3 Å². The Kier molecular flexibility index (Phi) is 5.77. The van der Waals surface area contributed by atoms with Crippen LogP contribution in [0.15, 0.2) is 47.2 Å². The summed E-state index contributed by atoms with van der Waals surface area (Å²) in [4.78, 5) is 13.8. The first-order valence-corrected chi connectivity index (χ1v) is 7.65. The van der Waals surface area contributed by atoms with E-state index in [1.807, 2.05) is 25.1 Å². The number of carbonyl (C=O) groups excluding carboxylic acids is 1. The lowest BCUT2D eigenvalue weighted by atomic mass is 10.2. The lowest BCUT2D eigenvalue weighted by Gasteiger charge is -2.21. The van der Waals surface area contributed by atoms with E-state index in [0.717, 1.165) is 13.1 Å². The van der Waals surface area contributed by atoms with Gasteiger partial charge in [0, 0.05) is 13.1 Å². The summed E-state index contributed by atoms with van der Waals surface area (Å²) in [5.74, 6) is -0.168. The van der Waals surface area contributed by atoms with Crippen LogP contribution in [0.3, 0.4) is 0 Å². The molecule has 0 aliphatic heterocycles. The summed E-state index contributed by atoms with van der Waals surface area (Å²) in [6.07, 6.45) is 0. The largest absolute Gasteiger partial charge is 0.465 e. The van der Waals surface area contributed by atoms with E-state index in [1.165, 1.54) is 11.1 Å². The molecule has 0 saturated carbocycles. The zero-order chi connectivity index (χ0) is 14.2. The number of rotatable bonds is 7. The summed E-state index contributed by atoms with van der Waals surface area (Å²) >= 11 is 1.67. The van der Waals surface area contributed by atoms with Gasteiger partial charge in [0.25, 0.3) is 0 Å². The van der Waals surface area contributed by atoms with Gasteiger partial charge in [-0.2, -0.15) is 11.3 Å². The van der Waals surface area contributed by atoms with Gasteiger partial charge in [0.2, 0.25) is 0 Å². The molecule has 0 atom stereocenters. The van der Waals surface area contributed by atoms with E-state index in [9.17, 15) is 4.79 Å². The Bertz CT molecular complexity index is 511. The van der Waals surface area contributed by atoms with Gasteiger partial charge in [-0.15, -0.1) is 0 Å². The number of carbonyl (C=O) groups is 1. The molecule has 2 aromatic rings. The van der Waals surface area contributed by atoms with Crippen LogP contribution in [0.25, 0.3) is 0 Å². The van der Waals surface area contributed by atoms with Crippen molar-refractivity contribution in [1.82, 2.24) is 4.90 Å². The Morgan fingerprint density at radius 3 is 2.55 bits per heavy atom. The summed E-state index contributed by atoms with van der Waals surface area (Å²) in [5.41, 5.74) is 2.43. The average molecular weight is 289 g/mol. The highest BCUT2D eigenvalue weighted by atomic mass is 32.1. The molecule has 106 valence electrons. The Morgan fingerprint density at radius 1 is 1.15 bits per heavy atom. The Morgan fingerprint density at radius 2 is 1.90 bits per heavy atom. The number of ether oxygens (including phenoxy) is 1. The number of benzene rings is 1. The molecule has 0 amide bonds. The van der Waals surface area contributed by atoms with E-state index in [2.05, 4.69) is 33.9 Å². The maximum absolute atomic E-state index is 11.7. The van der Waals surface area contributed by atoms with E-state index >= 15 is 0 Å². The summed E-state index contributed by atoms with van der Waals surface area (Å²) in [7, 11) is 0. The van der Waals surface area contributed by atoms with Crippen molar-refractivity contribution in [2.75, 3.05) is 13.2 Å². The van der Waals surface area contributed by atoms with Gasteiger partial charge in [-0.05, 0) is 34.9 Å². The minimum Gasteiger partial charge on any atom is -0.465 e. The first-order chi connectivity index (χ1) is 9.78. The van der Waals surface area contributed by atoms with Gasteiger partial charge in [0.05, 0.1) is 13.2 Å². The minimum absolute atomic E-state index is 0.168. The Hall–Kier alpha value is -1.65. The third-order valence-electron chi connectivity index (χ3n) is 2.89. The van der Waals surface area contributed by atoms with E-state index in [0.29, 0.717) is 13.2 Å². The molecule has 1 heterocycles. The Labute approximate surface area is 123 Å². The van der Waals surface area contributed by atoms with Crippen molar-refractivity contribution >= 4 is 17.3 Å². The molecule has 0 aliphatic rings. The lowest BCUT2D eigenvalue weighted by Crippen LogP contribution is -2.30. The van der Waals surface area contributed by atoms with Crippen LogP contribution in [0.2, 0.25) is 0 Å². The van der Waals surface area contributed by atoms with Crippen LogP contribution in [-0.2, 0) is 22.6 Å². The average Bonchev–Trinajstić information content (AvgIpc) is 2.93. The molecule has 1 aromatic heterocycles. The third-order valence-corrected chi connectivity index (χ3v) is 3.63. The third kappa shape index (κ3) is 4.79. The van der Waals surface area contributed by atoms with Gasteiger partial charge in [-0.3, -0.25) is 9.69 Å². The normalized spacial score (nSPS) is 10.7. The maximum atomic E-state index is 11.7. The maximum Gasteiger partial charge on any atom is 0.320 e. The molecule has 4 heteroatoms. The fraction of sp³-hybridized carbons (Fsp3) is 0.312. The van der Waals surface area contributed by atoms with Crippen LogP contribution in [0.1, 0.15) is 18.1 Å². The van der Waals surface area contributed by atoms with Gasteiger partial charge in [-0.25, -0.2) is 0 Å². The van der Waals surface area contributed by atoms with Crippen LogP contribution in [0.5, 0.6) is 0 Å².